The van der Waals surface area contributed by atoms with Crippen molar-refractivity contribution in [2.24, 2.45) is 0 Å². The average molecular weight is 252 g/mol. The number of ether oxygens (including phenoxy) is 1. The van der Waals surface area contributed by atoms with E-state index in [0.717, 1.165) is 0 Å². The van der Waals surface area contributed by atoms with Crippen LogP contribution in [0.5, 0.6) is 0 Å². The molecule has 0 saturated heterocycles. The first-order chi connectivity index (χ1) is 8.63. The first-order valence-electron chi connectivity index (χ1n) is 5.36. The van der Waals surface area contributed by atoms with Crippen molar-refractivity contribution in [1.82, 2.24) is 19.5 Å². The Hall–Kier alpha value is -2.38. The van der Waals surface area contributed by atoms with Crippen molar-refractivity contribution >= 4 is 17.1 Å². The van der Waals surface area contributed by atoms with Gasteiger partial charge in [0.2, 0.25) is 0 Å². The normalized spacial score (nSPS) is 10.7. The molecule has 0 amide bonds. The van der Waals surface area contributed by atoms with Crippen LogP contribution in [-0.4, -0.2) is 32.6 Å². The third kappa shape index (κ3) is 2.17. The second kappa shape index (κ2) is 4.86. The summed E-state index contributed by atoms with van der Waals surface area (Å²) < 4.78 is 5.82. The maximum absolute atomic E-state index is 11.6. The van der Waals surface area contributed by atoms with E-state index in [1.165, 1.54) is 18.0 Å². The predicted octanol–water partition coefficient (Wildman–Crippen LogP) is -0.634. The zero-order valence-corrected chi connectivity index (χ0v) is 9.73. The molecule has 0 aliphatic heterocycles. The summed E-state index contributed by atoms with van der Waals surface area (Å²) in [6.07, 6.45) is 1.98. The summed E-state index contributed by atoms with van der Waals surface area (Å²) in [5.41, 5.74) is -0.512. The molecular weight excluding hydrogens is 240 g/mol. The SMILES string of the molecule is COC(=O)CCCn1c(=O)[nH]c(=O)c2[nH]cnc21. The molecule has 0 aromatic carbocycles. The number of aromatic nitrogens is 4. The van der Waals surface area contributed by atoms with Crippen molar-refractivity contribution in [1.29, 1.82) is 0 Å². The molecule has 0 radical (unpaired) electrons. The van der Waals surface area contributed by atoms with Crippen LogP contribution in [0.25, 0.3) is 11.2 Å². The van der Waals surface area contributed by atoms with E-state index < -0.39 is 11.2 Å². The van der Waals surface area contributed by atoms with Gasteiger partial charge in [-0.15, -0.1) is 0 Å². The molecule has 0 atom stereocenters. The number of esters is 1. The summed E-state index contributed by atoms with van der Waals surface area (Å²) in [6, 6.07) is 0. The minimum Gasteiger partial charge on any atom is -0.469 e. The third-order valence-corrected chi connectivity index (χ3v) is 2.56. The van der Waals surface area contributed by atoms with E-state index in [9.17, 15) is 14.4 Å². The van der Waals surface area contributed by atoms with Crippen LogP contribution in [-0.2, 0) is 16.1 Å². The zero-order valence-electron chi connectivity index (χ0n) is 9.73. The Morgan fingerprint density at radius 1 is 1.50 bits per heavy atom. The van der Waals surface area contributed by atoms with E-state index >= 15 is 0 Å². The van der Waals surface area contributed by atoms with Gasteiger partial charge in [-0.3, -0.25) is 19.1 Å². The van der Waals surface area contributed by atoms with E-state index in [1.54, 1.807) is 0 Å². The first-order valence-corrected chi connectivity index (χ1v) is 5.36. The molecule has 8 heteroatoms. The van der Waals surface area contributed by atoms with Gasteiger partial charge in [0.05, 0.1) is 13.4 Å². The molecule has 0 fully saturated rings. The summed E-state index contributed by atoms with van der Waals surface area (Å²) in [4.78, 5) is 42.8. The highest BCUT2D eigenvalue weighted by molar-refractivity contribution is 5.69. The number of aromatic amines is 2. The lowest BCUT2D eigenvalue weighted by atomic mass is 10.3. The third-order valence-electron chi connectivity index (χ3n) is 2.56. The lowest BCUT2D eigenvalue weighted by Crippen LogP contribution is -2.30. The van der Waals surface area contributed by atoms with Gasteiger partial charge in [0.1, 0.15) is 5.52 Å². The molecule has 2 rings (SSSR count). The maximum atomic E-state index is 11.6. The molecule has 2 aromatic rings. The minimum atomic E-state index is -0.538. The molecule has 2 aromatic heterocycles. The van der Waals surface area contributed by atoms with Crippen LogP contribution in [0, 0.1) is 0 Å². The van der Waals surface area contributed by atoms with Crippen molar-refractivity contribution in [3.63, 3.8) is 0 Å². The van der Waals surface area contributed by atoms with Crippen molar-refractivity contribution in [3.8, 4) is 0 Å². The standard InChI is InChI=1S/C10H12N4O4/c1-18-6(15)3-2-4-14-8-7(11-5-12-8)9(16)13-10(14)17/h5H,2-4H2,1H3,(H,11,12)(H,13,16,17). The fourth-order valence-electron chi connectivity index (χ4n) is 1.67. The number of imidazole rings is 1. The predicted molar refractivity (Wildman–Crippen MR) is 62.2 cm³/mol. The molecule has 0 bridgehead atoms. The molecule has 2 heterocycles. The smallest absolute Gasteiger partial charge is 0.330 e. The van der Waals surface area contributed by atoms with Gasteiger partial charge in [-0.2, -0.15) is 0 Å². The lowest BCUT2D eigenvalue weighted by molar-refractivity contribution is -0.140. The van der Waals surface area contributed by atoms with Crippen molar-refractivity contribution < 1.29 is 9.53 Å². The van der Waals surface area contributed by atoms with Gasteiger partial charge < -0.3 is 9.72 Å². The van der Waals surface area contributed by atoms with Crippen molar-refractivity contribution in [2.75, 3.05) is 7.11 Å². The van der Waals surface area contributed by atoms with E-state index in [1.807, 2.05) is 0 Å². The van der Waals surface area contributed by atoms with Gasteiger partial charge in [-0.25, -0.2) is 9.78 Å². The summed E-state index contributed by atoms with van der Waals surface area (Å²) in [6.45, 7) is 0.284. The van der Waals surface area contributed by atoms with Crippen LogP contribution < -0.4 is 11.2 Å². The van der Waals surface area contributed by atoms with Gasteiger partial charge in [0.25, 0.3) is 5.56 Å². The van der Waals surface area contributed by atoms with Crippen LogP contribution in [0.15, 0.2) is 15.9 Å². The number of aryl methyl sites for hydroxylation is 1. The van der Waals surface area contributed by atoms with Crippen LogP contribution in [0.4, 0.5) is 0 Å². The Balaban J connectivity index is 2.28. The number of H-pyrrole nitrogens is 2. The molecule has 18 heavy (non-hydrogen) atoms. The Morgan fingerprint density at radius 2 is 2.28 bits per heavy atom. The molecule has 0 aliphatic carbocycles. The minimum absolute atomic E-state index is 0.202. The number of hydrogen-bond acceptors (Lipinski definition) is 5. The van der Waals surface area contributed by atoms with Gasteiger partial charge in [-0.1, -0.05) is 0 Å². The molecule has 0 aliphatic rings. The van der Waals surface area contributed by atoms with Gasteiger partial charge >= 0.3 is 11.7 Å². The highest BCUT2D eigenvalue weighted by Crippen LogP contribution is 2.02. The number of methoxy groups -OCH3 is 1. The van der Waals surface area contributed by atoms with Crippen LogP contribution in [0.2, 0.25) is 0 Å². The number of nitrogens with one attached hydrogen (secondary N) is 2. The summed E-state index contributed by atoms with van der Waals surface area (Å²) in [7, 11) is 1.31. The number of carbonyl (C=O) groups excluding carboxylic acids is 1. The van der Waals surface area contributed by atoms with E-state index in [2.05, 4.69) is 19.7 Å². The fourth-order valence-corrected chi connectivity index (χ4v) is 1.67. The topological polar surface area (TPSA) is 110 Å². The van der Waals surface area contributed by atoms with Crippen LogP contribution in [0.3, 0.4) is 0 Å². The van der Waals surface area contributed by atoms with Gasteiger partial charge in [-0.05, 0) is 6.42 Å². The van der Waals surface area contributed by atoms with Crippen LogP contribution in [0.1, 0.15) is 12.8 Å². The molecule has 0 saturated carbocycles. The van der Waals surface area contributed by atoms with E-state index in [0.29, 0.717) is 6.42 Å². The summed E-state index contributed by atoms with van der Waals surface area (Å²) in [5, 5.41) is 0. The number of hydrogen-bond donors (Lipinski definition) is 2. The molecule has 8 nitrogen and oxygen atoms in total. The van der Waals surface area contributed by atoms with Gasteiger partial charge in [0.15, 0.2) is 5.65 Å². The Bertz CT molecular complexity index is 681. The number of rotatable bonds is 4. The number of fused-ring (bicyclic) bond motifs is 1. The number of nitrogens with zero attached hydrogens (tertiary/aromatic N) is 2. The largest absolute Gasteiger partial charge is 0.469 e. The molecule has 0 spiro atoms. The van der Waals surface area contributed by atoms with E-state index in [4.69, 9.17) is 0 Å². The Labute approximate surface area is 101 Å². The first kappa shape index (κ1) is 12.1. The van der Waals surface area contributed by atoms with Crippen LogP contribution >= 0.6 is 0 Å². The highest BCUT2D eigenvalue weighted by Gasteiger charge is 2.10. The Kier molecular flexibility index (Phi) is 3.26. The molecule has 2 N–H and O–H groups in total. The fraction of sp³-hybridized carbons (Fsp3) is 0.400. The Morgan fingerprint density at radius 3 is 3.00 bits per heavy atom. The van der Waals surface area contributed by atoms with Crippen molar-refractivity contribution in [3.05, 3.63) is 27.2 Å². The summed E-state index contributed by atoms with van der Waals surface area (Å²) in [5.74, 6) is -0.342. The molecule has 96 valence electrons. The second-order valence-electron chi connectivity index (χ2n) is 3.69. The zero-order chi connectivity index (χ0) is 13.1. The molecule has 0 unspecified atom stereocenters. The van der Waals surface area contributed by atoms with E-state index in [-0.39, 0.29) is 30.1 Å². The maximum Gasteiger partial charge on any atom is 0.330 e. The quantitative estimate of drug-likeness (QED) is 0.704. The summed E-state index contributed by atoms with van der Waals surface area (Å²) >= 11 is 0. The monoisotopic (exact) mass is 252 g/mol. The van der Waals surface area contributed by atoms with Gasteiger partial charge in [0, 0.05) is 13.0 Å². The second-order valence-corrected chi connectivity index (χ2v) is 3.69. The lowest BCUT2D eigenvalue weighted by Gasteiger charge is -2.04. The highest BCUT2D eigenvalue weighted by atomic mass is 16.5. The van der Waals surface area contributed by atoms with Crippen molar-refractivity contribution in [2.45, 2.75) is 19.4 Å². The number of carbonyl (C=O) groups is 1. The molecular formula is C10H12N4O4. The average Bonchev–Trinajstić information content (AvgIpc) is 2.82.